The number of aryl methyl sites for hydroxylation is 1. The maximum atomic E-state index is 15.7. The van der Waals surface area contributed by atoms with Gasteiger partial charge >= 0.3 is 11.9 Å². The number of ether oxygens (including phenoxy) is 2. The van der Waals surface area contributed by atoms with E-state index in [4.69, 9.17) is 9.47 Å². The molecule has 1 atom stereocenters. The van der Waals surface area contributed by atoms with Gasteiger partial charge in [0.15, 0.2) is 23.6 Å². The number of fused-ring (bicyclic) bond motifs is 1. The van der Waals surface area contributed by atoms with E-state index < -0.39 is 64.6 Å². The molecule has 4 rings (SSSR count). The van der Waals surface area contributed by atoms with Crippen molar-refractivity contribution in [2.45, 2.75) is 46.2 Å². The number of aromatic nitrogens is 6. The molecule has 0 unspecified atom stereocenters. The molecule has 0 saturated carbocycles. The molecule has 0 aliphatic heterocycles. The van der Waals surface area contributed by atoms with Gasteiger partial charge in [0.1, 0.15) is 23.6 Å². The van der Waals surface area contributed by atoms with Crippen LogP contribution < -0.4 is 15.2 Å². The van der Waals surface area contributed by atoms with Crippen LogP contribution in [0.5, 0.6) is 17.5 Å². The zero-order valence-corrected chi connectivity index (χ0v) is 19.5. The quantitative estimate of drug-likeness (QED) is 0.363. The summed E-state index contributed by atoms with van der Waals surface area (Å²) < 4.78 is 81.7. The van der Waals surface area contributed by atoms with Crippen molar-refractivity contribution < 1.29 is 36.5 Å². The Morgan fingerprint density at radius 3 is 2.54 bits per heavy atom. The Bertz CT molecular complexity index is 1530. The summed E-state index contributed by atoms with van der Waals surface area (Å²) in [6.07, 6.45) is -6.38. The molecular formula is C22H19F5N6O4. The molecule has 3 heterocycles. The Morgan fingerprint density at radius 2 is 1.92 bits per heavy atom. The van der Waals surface area contributed by atoms with Crippen LogP contribution in [0.25, 0.3) is 16.6 Å². The number of nitrogens with zero attached hydrogens (tertiary/aromatic N) is 6. The Kier molecular flexibility index (Phi) is 6.82. The molecule has 0 radical (unpaired) electrons. The zero-order chi connectivity index (χ0) is 27.1. The fraction of sp³-hybridized carbons (Fsp3) is 0.318. The molecule has 0 spiro atoms. The van der Waals surface area contributed by atoms with Crippen molar-refractivity contribution in [2.75, 3.05) is 0 Å². The van der Waals surface area contributed by atoms with Gasteiger partial charge in [-0.2, -0.15) is 27.9 Å². The van der Waals surface area contributed by atoms with Crippen molar-refractivity contribution in [2.24, 2.45) is 0 Å². The van der Waals surface area contributed by atoms with E-state index in [9.17, 15) is 27.5 Å². The van der Waals surface area contributed by atoms with Gasteiger partial charge in [0.05, 0.1) is 11.6 Å². The largest absolute Gasteiger partial charge is 0.464 e. The van der Waals surface area contributed by atoms with E-state index in [2.05, 4.69) is 20.3 Å². The number of alkyl halides is 3. The van der Waals surface area contributed by atoms with Gasteiger partial charge in [-0.15, -0.1) is 10.2 Å². The number of aliphatic hydroxyl groups is 1. The molecule has 0 saturated heterocycles. The SMILES string of the molecule is CCn1c(CO)nn(-c2nc(O[C@@H](C)C(F)(F)F)c3c(Oc4cc(F)ccc4C)nncc3c2F)c1=O. The molecule has 37 heavy (non-hydrogen) atoms. The Morgan fingerprint density at radius 1 is 1.19 bits per heavy atom. The summed E-state index contributed by atoms with van der Waals surface area (Å²) in [5.74, 6) is -4.18. The summed E-state index contributed by atoms with van der Waals surface area (Å²) in [4.78, 5) is 16.6. The van der Waals surface area contributed by atoms with Crippen LogP contribution in [0.2, 0.25) is 0 Å². The standard InChI is InChI=1S/C22H19F5N6O4/c1-4-32-15(9-34)31-33(21(32)35)18-17(24)13-8-28-30-20(37-14-7-12(23)6-5-10(14)2)16(13)19(29-18)36-11(3)22(25,26)27/h5-8,11,34H,4,9H2,1-3H3/t11-/m0/s1. The number of hydrogen-bond donors (Lipinski definition) is 1. The van der Waals surface area contributed by atoms with Crippen LogP contribution >= 0.6 is 0 Å². The smallest absolute Gasteiger partial charge is 0.425 e. The monoisotopic (exact) mass is 526 g/mol. The highest BCUT2D eigenvalue weighted by Crippen LogP contribution is 2.38. The van der Waals surface area contributed by atoms with E-state index in [1.807, 2.05) is 0 Å². The van der Waals surface area contributed by atoms with E-state index in [1.165, 1.54) is 6.07 Å². The molecule has 196 valence electrons. The highest BCUT2D eigenvalue weighted by Gasteiger charge is 2.39. The molecule has 4 aromatic rings. The van der Waals surface area contributed by atoms with Gasteiger partial charge < -0.3 is 14.6 Å². The molecule has 0 bridgehead atoms. The normalized spacial score (nSPS) is 12.7. The summed E-state index contributed by atoms with van der Waals surface area (Å²) >= 11 is 0. The van der Waals surface area contributed by atoms with Gasteiger partial charge in [0.2, 0.25) is 5.88 Å². The minimum Gasteiger partial charge on any atom is -0.464 e. The minimum atomic E-state index is -4.84. The van der Waals surface area contributed by atoms with Crippen molar-refractivity contribution in [1.29, 1.82) is 0 Å². The number of benzene rings is 1. The molecular weight excluding hydrogens is 507 g/mol. The van der Waals surface area contributed by atoms with E-state index in [0.29, 0.717) is 17.2 Å². The highest BCUT2D eigenvalue weighted by molar-refractivity contribution is 5.92. The van der Waals surface area contributed by atoms with Crippen LogP contribution in [-0.4, -0.2) is 46.9 Å². The Labute approximate surface area is 204 Å². The lowest BCUT2D eigenvalue weighted by Gasteiger charge is -2.19. The Balaban J connectivity index is 2.00. The average Bonchev–Trinajstić information content (AvgIpc) is 3.17. The lowest BCUT2D eigenvalue weighted by atomic mass is 10.2. The maximum Gasteiger partial charge on any atom is 0.425 e. The molecule has 15 heteroatoms. The topological polar surface area (TPSA) is 117 Å². The number of aliphatic hydroxyl groups excluding tert-OH is 1. The molecule has 1 N–H and O–H groups in total. The summed E-state index contributed by atoms with van der Waals surface area (Å²) in [5, 5.41) is 19.8. The van der Waals surface area contributed by atoms with E-state index in [1.54, 1.807) is 13.8 Å². The van der Waals surface area contributed by atoms with Crippen LogP contribution in [0.15, 0.2) is 29.2 Å². The summed E-state index contributed by atoms with van der Waals surface area (Å²) in [7, 11) is 0. The van der Waals surface area contributed by atoms with Crippen LogP contribution in [0, 0.1) is 18.6 Å². The van der Waals surface area contributed by atoms with Crippen LogP contribution in [0.4, 0.5) is 22.0 Å². The van der Waals surface area contributed by atoms with Gasteiger partial charge in [-0.05, 0) is 32.4 Å². The predicted octanol–water partition coefficient (Wildman–Crippen LogP) is 3.59. The highest BCUT2D eigenvalue weighted by atomic mass is 19.4. The second-order valence-electron chi connectivity index (χ2n) is 7.82. The van der Waals surface area contributed by atoms with E-state index in [-0.39, 0.29) is 18.1 Å². The first-order valence-corrected chi connectivity index (χ1v) is 10.8. The average molecular weight is 526 g/mol. The molecule has 0 amide bonds. The second-order valence-corrected chi connectivity index (χ2v) is 7.82. The molecule has 0 fully saturated rings. The fourth-order valence-electron chi connectivity index (χ4n) is 3.39. The van der Waals surface area contributed by atoms with Gasteiger partial charge in [0, 0.05) is 12.6 Å². The first-order chi connectivity index (χ1) is 17.5. The van der Waals surface area contributed by atoms with Gasteiger partial charge in [0.25, 0.3) is 5.88 Å². The molecule has 0 aliphatic rings. The molecule has 10 nitrogen and oxygen atoms in total. The number of pyridine rings is 1. The third kappa shape index (κ3) is 4.81. The first-order valence-electron chi connectivity index (χ1n) is 10.8. The molecule has 3 aromatic heterocycles. The number of halogens is 5. The van der Waals surface area contributed by atoms with Gasteiger partial charge in [-0.25, -0.2) is 13.6 Å². The third-order valence-corrected chi connectivity index (χ3v) is 5.38. The summed E-state index contributed by atoms with van der Waals surface area (Å²) in [5.41, 5.74) is -0.467. The molecule has 1 aromatic carbocycles. The maximum absolute atomic E-state index is 15.7. The first kappa shape index (κ1) is 25.9. The lowest BCUT2D eigenvalue weighted by molar-refractivity contribution is -0.189. The third-order valence-electron chi connectivity index (χ3n) is 5.38. The second kappa shape index (κ2) is 9.72. The lowest BCUT2D eigenvalue weighted by Crippen LogP contribution is -2.32. The van der Waals surface area contributed by atoms with Crippen molar-refractivity contribution in [3.05, 3.63) is 57.9 Å². The van der Waals surface area contributed by atoms with Gasteiger partial charge in [-0.1, -0.05) is 6.07 Å². The van der Waals surface area contributed by atoms with Crippen molar-refractivity contribution in [3.63, 3.8) is 0 Å². The number of rotatable bonds is 7. The van der Waals surface area contributed by atoms with Crippen LogP contribution in [0.3, 0.4) is 0 Å². The van der Waals surface area contributed by atoms with E-state index in [0.717, 1.165) is 22.9 Å². The fourth-order valence-corrected chi connectivity index (χ4v) is 3.39. The van der Waals surface area contributed by atoms with Crippen molar-refractivity contribution >= 4 is 10.8 Å². The molecule has 0 aliphatic carbocycles. The van der Waals surface area contributed by atoms with Crippen LogP contribution in [-0.2, 0) is 13.2 Å². The number of hydrogen-bond acceptors (Lipinski definition) is 8. The Hall–Kier alpha value is -4.14. The summed E-state index contributed by atoms with van der Waals surface area (Å²) in [6.45, 7) is 3.24. The zero-order valence-electron chi connectivity index (χ0n) is 19.5. The van der Waals surface area contributed by atoms with E-state index >= 15 is 4.39 Å². The summed E-state index contributed by atoms with van der Waals surface area (Å²) in [6, 6.07) is 3.55. The minimum absolute atomic E-state index is 0.0633. The van der Waals surface area contributed by atoms with Crippen LogP contribution in [0.1, 0.15) is 25.2 Å². The van der Waals surface area contributed by atoms with Gasteiger partial charge in [-0.3, -0.25) is 4.57 Å². The predicted molar refractivity (Wildman–Crippen MR) is 118 cm³/mol. The van der Waals surface area contributed by atoms with Crippen molar-refractivity contribution in [3.8, 4) is 23.3 Å². The van der Waals surface area contributed by atoms with Crippen molar-refractivity contribution in [1.82, 2.24) is 29.5 Å².